The van der Waals surface area contributed by atoms with Crippen LogP contribution in [0.1, 0.15) is 51.3 Å². The molecular formula is C27H32ClN3O4S. The van der Waals surface area contributed by atoms with Crippen molar-refractivity contribution in [1.29, 1.82) is 0 Å². The molecule has 36 heavy (non-hydrogen) atoms. The first-order valence-electron chi connectivity index (χ1n) is 12.0. The van der Waals surface area contributed by atoms with Gasteiger partial charge in [-0.25, -0.2) is 9.78 Å². The molecule has 2 aromatic carbocycles. The largest absolute Gasteiger partial charge is 0.598 e. The summed E-state index contributed by atoms with van der Waals surface area (Å²) in [4.78, 5) is 18.2. The van der Waals surface area contributed by atoms with Crippen LogP contribution in [0.25, 0.3) is 10.8 Å². The van der Waals surface area contributed by atoms with Crippen LogP contribution in [0, 0.1) is 0 Å². The monoisotopic (exact) mass is 529 g/mol. The van der Waals surface area contributed by atoms with Gasteiger partial charge in [-0.2, -0.15) is 0 Å². The summed E-state index contributed by atoms with van der Waals surface area (Å²) in [7, 11) is 0. The van der Waals surface area contributed by atoms with Crippen molar-refractivity contribution in [3.63, 3.8) is 0 Å². The van der Waals surface area contributed by atoms with Crippen LogP contribution in [-0.2, 0) is 22.7 Å². The fourth-order valence-electron chi connectivity index (χ4n) is 3.94. The summed E-state index contributed by atoms with van der Waals surface area (Å²) in [5.41, 5.74) is 1.93. The second kappa shape index (κ2) is 11.3. The Labute approximate surface area is 220 Å². The first kappa shape index (κ1) is 26.5. The van der Waals surface area contributed by atoms with Crippen molar-refractivity contribution in [2.75, 3.05) is 13.1 Å². The molecule has 1 aliphatic rings. The normalized spacial score (nSPS) is 15.9. The number of carbonyl (C=O) groups is 1. The van der Waals surface area contributed by atoms with Gasteiger partial charge in [0, 0.05) is 22.9 Å². The standard InChI is InChI=1S/C27H32ClN3O4S/c1-5-23(30-36(33)27(2,3)4)20-11-12-24(22-14-29-25(28)13-21(20)22)35-19-15-31(16-19)26(32)34-17-18-9-7-6-8-10-18/h6-14,19,23,30H,5,15-17H2,1-4H3/t23-,36-/m0/s1. The number of likely N-dealkylation sites (tertiary alicyclic amines) is 1. The predicted octanol–water partition coefficient (Wildman–Crippen LogP) is 5.79. The van der Waals surface area contributed by atoms with Gasteiger partial charge < -0.3 is 18.9 Å². The first-order chi connectivity index (χ1) is 17.2. The average Bonchev–Trinajstić information content (AvgIpc) is 2.82. The minimum atomic E-state index is -1.22. The zero-order valence-electron chi connectivity index (χ0n) is 21.0. The van der Waals surface area contributed by atoms with Crippen LogP contribution in [0.3, 0.4) is 0 Å². The van der Waals surface area contributed by atoms with Crippen LogP contribution in [0.5, 0.6) is 5.75 Å². The predicted molar refractivity (Wildman–Crippen MR) is 143 cm³/mol. The zero-order valence-corrected chi connectivity index (χ0v) is 22.6. The molecule has 1 N–H and O–H groups in total. The molecule has 1 aliphatic heterocycles. The van der Waals surface area contributed by atoms with E-state index in [-0.39, 0.29) is 29.6 Å². The molecule has 1 amide bonds. The molecule has 0 spiro atoms. The molecule has 192 valence electrons. The fourth-order valence-corrected chi connectivity index (χ4v) is 5.00. The summed E-state index contributed by atoms with van der Waals surface area (Å²) in [6.07, 6.45) is 1.96. The average molecular weight is 530 g/mol. The molecule has 9 heteroatoms. The quantitative estimate of drug-likeness (QED) is 0.293. The summed E-state index contributed by atoms with van der Waals surface area (Å²) in [6, 6.07) is 15.2. The van der Waals surface area contributed by atoms with Gasteiger partial charge in [0.15, 0.2) is 0 Å². The minimum Gasteiger partial charge on any atom is -0.598 e. The van der Waals surface area contributed by atoms with Crippen LogP contribution < -0.4 is 9.46 Å². The minimum absolute atomic E-state index is 0.126. The van der Waals surface area contributed by atoms with Crippen LogP contribution in [-0.4, -0.2) is 44.5 Å². The third kappa shape index (κ3) is 6.24. The molecule has 4 rings (SSSR count). The second-order valence-corrected chi connectivity index (χ2v) is 12.2. The maximum atomic E-state index is 12.8. The van der Waals surface area contributed by atoms with Crippen molar-refractivity contribution < 1.29 is 18.8 Å². The summed E-state index contributed by atoms with van der Waals surface area (Å²) in [5, 5.41) is 2.10. The van der Waals surface area contributed by atoms with Crippen molar-refractivity contribution in [2.24, 2.45) is 0 Å². The number of rotatable bonds is 8. The Kier molecular flexibility index (Phi) is 8.30. The number of halogens is 1. The van der Waals surface area contributed by atoms with Crippen LogP contribution in [0.4, 0.5) is 4.79 Å². The molecule has 0 saturated carbocycles. The van der Waals surface area contributed by atoms with Crippen molar-refractivity contribution in [1.82, 2.24) is 14.6 Å². The number of hydrogen-bond donors (Lipinski definition) is 1. The van der Waals surface area contributed by atoms with Crippen molar-refractivity contribution in [3.05, 3.63) is 71.0 Å². The van der Waals surface area contributed by atoms with Crippen molar-refractivity contribution >= 4 is 39.8 Å². The summed E-state index contributed by atoms with van der Waals surface area (Å²) >= 11 is 5.03. The van der Waals surface area contributed by atoms with E-state index < -0.39 is 11.4 Å². The molecular weight excluding hydrogens is 498 g/mol. The second-order valence-electron chi connectivity index (χ2n) is 9.85. The van der Waals surface area contributed by atoms with Crippen LogP contribution in [0.2, 0.25) is 5.15 Å². The number of pyridine rings is 1. The molecule has 0 bridgehead atoms. The molecule has 2 heterocycles. The van der Waals surface area contributed by atoms with Gasteiger partial charge in [0.1, 0.15) is 28.4 Å². The lowest BCUT2D eigenvalue weighted by Gasteiger charge is -2.38. The van der Waals surface area contributed by atoms with Crippen molar-refractivity contribution in [3.8, 4) is 5.75 Å². The van der Waals surface area contributed by atoms with E-state index in [1.54, 1.807) is 11.1 Å². The van der Waals surface area contributed by atoms with E-state index in [1.165, 1.54) is 0 Å². The van der Waals surface area contributed by atoms with Crippen LogP contribution in [0.15, 0.2) is 54.7 Å². The van der Waals surface area contributed by atoms with Crippen LogP contribution >= 0.6 is 11.6 Å². The molecule has 0 radical (unpaired) electrons. The Balaban J connectivity index is 1.44. The maximum Gasteiger partial charge on any atom is 0.410 e. The van der Waals surface area contributed by atoms with Gasteiger partial charge in [-0.05, 0) is 55.8 Å². The highest BCUT2D eigenvalue weighted by Gasteiger charge is 2.34. The summed E-state index contributed by atoms with van der Waals surface area (Å²) < 4.78 is 27.3. The van der Waals surface area contributed by atoms with E-state index in [4.69, 9.17) is 21.1 Å². The van der Waals surface area contributed by atoms with Gasteiger partial charge in [-0.15, -0.1) is 4.72 Å². The number of hydrogen-bond acceptors (Lipinski definition) is 6. The number of aromatic nitrogens is 1. The van der Waals surface area contributed by atoms with E-state index >= 15 is 0 Å². The fraction of sp³-hybridized carbons (Fsp3) is 0.407. The summed E-state index contributed by atoms with van der Waals surface area (Å²) in [6.45, 7) is 9.01. The highest BCUT2D eigenvalue weighted by molar-refractivity contribution is 7.90. The number of benzene rings is 2. The Bertz CT molecular complexity index is 1200. The third-order valence-corrected chi connectivity index (χ3v) is 7.87. The molecule has 0 aliphatic carbocycles. The molecule has 1 fully saturated rings. The van der Waals surface area contributed by atoms with Gasteiger partial charge in [0.25, 0.3) is 0 Å². The highest BCUT2D eigenvalue weighted by atomic mass is 35.5. The van der Waals surface area contributed by atoms with E-state index in [9.17, 15) is 9.35 Å². The Morgan fingerprint density at radius 1 is 1.22 bits per heavy atom. The lowest BCUT2D eigenvalue weighted by molar-refractivity contribution is 0.00932. The van der Waals surface area contributed by atoms with Gasteiger partial charge >= 0.3 is 6.09 Å². The number of amides is 1. The molecule has 1 aromatic heterocycles. The molecule has 3 aromatic rings. The Hall–Kier alpha value is -2.52. The molecule has 7 nitrogen and oxygen atoms in total. The number of nitrogens with one attached hydrogen (secondary N) is 1. The lowest BCUT2D eigenvalue weighted by atomic mass is 9.98. The molecule has 0 unspecified atom stereocenters. The van der Waals surface area contributed by atoms with E-state index in [0.717, 1.165) is 28.3 Å². The topological polar surface area (TPSA) is 86.8 Å². The van der Waals surface area contributed by atoms with E-state index in [0.29, 0.717) is 24.0 Å². The van der Waals surface area contributed by atoms with Gasteiger partial charge in [-0.3, -0.25) is 0 Å². The smallest absolute Gasteiger partial charge is 0.410 e. The van der Waals surface area contributed by atoms with Gasteiger partial charge in [-0.1, -0.05) is 54.9 Å². The van der Waals surface area contributed by atoms with Gasteiger partial charge in [0.05, 0.1) is 19.1 Å². The zero-order chi connectivity index (χ0) is 25.9. The SMILES string of the molecule is CC[C@H](N[S@@+]([O-])C(C)(C)C)c1ccc(OC2CN(C(=O)OCc3ccccc3)C2)c2cnc(Cl)cc12. The maximum absolute atomic E-state index is 12.8. The molecule has 1 saturated heterocycles. The van der Waals surface area contributed by atoms with Crippen molar-refractivity contribution in [2.45, 2.75) is 57.6 Å². The van der Waals surface area contributed by atoms with E-state index in [2.05, 4.69) is 16.6 Å². The third-order valence-electron chi connectivity index (χ3n) is 6.06. The highest BCUT2D eigenvalue weighted by Crippen LogP contribution is 2.35. The summed E-state index contributed by atoms with van der Waals surface area (Å²) in [5.74, 6) is 0.673. The van der Waals surface area contributed by atoms with Gasteiger partial charge in [0.2, 0.25) is 0 Å². The number of carbonyl (C=O) groups excluding carboxylic acids is 1. The Morgan fingerprint density at radius 3 is 2.61 bits per heavy atom. The van der Waals surface area contributed by atoms with E-state index in [1.807, 2.05) is 69.3 Å². The molecule has 2 atom stereocenters. The Morgan fingerprint density at radius 2 is 1.94 bits per heavy atom. The number of ether oxygens (including phenoxy) is 2. The number of fused-ring (bicyclic) bond motifs is 1. The lowest BCUT2D eigenvalue weighted by Crippen LogP contribution is -2.56. The number of nitrogens with zero attached hydrogens (tertiary/aromatic N) is 2. The first-order valence-corrected chi connectivity index (χ1v) is 13.6.